The molecule has 0 aliphatic carbocycles. The number of aromatic nitrogens is 1. The molecule has 0 aliphatic rings. The molecule has 0 spiro atoms. The van der Waals surface area contributed by atoms with Crippen molar-refractivity contribution in [3.8, 4) is 5.75 Å². The molecule has 0 bridgehead atoms. The lowest BCUT2D eigenvalue weighted by Crippen LogP contribution is -2.42. The first kappa shape index (κ1) is 23.2. The topological polar surface area (TPSA) is 78.8 Å². The SMILES string of the molecule is COc1ccc(CN=C(NCC(=O)N(C)C)NCc2ncc(C)s2)cc1.I. The summed E-state index contributed by atoms with van der Waals surface area (Å²) in [6, 6.07) is 7.74. The average molecular weight is 503 g/mol. The van der Waals surface area contributed by atoms with E-state index in [1.54, 1.807) is 32.5 Å². The molecule has 1 aromatic carbocycles. The summed E-state index contributed by atoms with van der Waals surface area (Å²) < 4.78 is 5.16. The molecule has 0 radical (unpaired) electrons. The molecule has 0 saturated heterocycles. The molecule has 0 saturated carbocycles. The lowest BCUT2D eigenvalue weighted by Gasteiger charge is -2.14. The van der Waals surface area contributed by atoms with Crippen LogP contribution in [0.2, 0.25) is 0 Å². The van der Waals surface area contributed by atoms with E-state index in [4.69, 9.17) is 4.74 Å². The summed E-state index contributed by atoms with van der Waals surface area (Å²) in [5.41, 5.74) is 1.05. The number of hydrogen-bond donors (Lipinski definition) is 2. The largest absolute Gasteiger partial charge is 0.497 e. The lowest BCUT2D eigenvalue weighted by molar-refractivity contribution is -0.127. The van der Waals surface area contributed by atoms with E-state index in [-0.39, 0.29) is 36.4 Å². The van der Waals surface area contributed by atoms with Crippen LogP contribution in [0.5, 0.6) is 5.75 Å². The Morgan fingerprint density at radius 2 is 1.96 bits per heavy atom. The molecular formula is C18H26IN5O2S. The Morgan fingerprint density at radius 3 is 2.52 bits per heavy atom. The van der Waals surface area contributed by atoms with Gasteiger partial charge in [-0.2, -0.15) is 0 Å². The Morgan fingerprint density at radius 1 is 1.26 bits per heavy atom. The van der Waals surface area contributed by atoms with E-state index in [2.05, 4.69) is 20.6 Å². The minimum Gasteiger partial charge on any atom is -0.497 e. The summed E-state index contributed by atoms with van der Waals surface area (Å²) in [5.74, 6) is 1.36. The van der Waals surface area contributed by atoms with Gasteiger partial charge >= 0.3 is 0 Å². The van der Waals surface area contributed by atoms with E-state index >= 15 is 0 Å². The van der Waals surface area contributed by atoms with Gasteiger partial charge in [-0.1, -0.05) is 12.1 Å². The summed E-state index contributed by atoms with van der Waals surface area (Å²) in [7, 11) is 5.09. The number of ether oxygens (including phenoxy) is 1. The van der Waals surface area contributed by atoms with Crippen molar-refractivity contribution in [2.24, 2.45) is 4.99 Å². The molecule has 1 aromatic heterocycles. The molecule has 27 heavy (non-hydrogen) atoms. The van der Waals surface area contributed by atoms with Crippen LogP contribution in [-0.2, 0) is 17.9 Å². The standard InChI is InChI=1S/C18H25N5O2S.HI/c1-13-9-19-16(26-13)11-21-18(22-12-17(24)23(2)3)20-10-14-5-7-15(25-4)8-6-14;/h5-9H,10-12H2,1-4H3,(H2,20,21,22);1H. The van der Waals surface area contributed by atoms with E-state index in [0.717, 1.165) is 21.2 Å². The van der Waals surface area contributed by atoms with Crippen LogP contribution in [0.25, 0.3) is 0 Å². The highest BCUT2D eigenvalue weighted by Gasteiger charge is 2.07. The van der Waals surface area contributed by atoms with E-state index in [1.807, 2.05) is 37.4 Å². The summed E-state index contributed by atoms with van der Waals surface area (Å²) >= 11 is 1.63. The van der Waals surface area contributed by atoms with Gasteiger partial charge in [0.1, 0.15) is 10.8 Å². The first-order chi connectivity index (χ1) is 12.5. The molecule has 1 amide bonds. The number of methoxy groups -OCH3 is 1. The van der Waals surface area contributed by atoms with Gasteiger partial charge in [-0.05, 0) is 24.6 Å². The zero-order valence-corrected chi connectivity index (χ0v) is 19.1. The predicted octanol–water partition coefficient (Wildman–Crippen LogP) is 2.40. The zero-order valence-electron chi connectivity index (χ0n) is 16.0. The third-order valence-corrected chi connectivity index (χ3v) is 4.47. The average Bonchev–Trinajstić information content (AvgIpc) is 3.06. The van der Waals surface area contributed by atoms with Gasteiger partial charge in [-0.25, -0.2) is 9.98 Å². The second-order valence-electron chi connectivity index (χ2n) is 5.87. The molecular weight excluding hydrogens is 477 g/mol. The maximum Gasteiger partial charge on any atom is 0.241 e. The van der Waals surface area contributed by atoms with Crippen molar-refractivity contribution in [2.45, 2.75) is 20.0 Å². The van der Waals surface area contributed by atoms with Crippen molar-refractivity contribution < 1.29 is 9.53 Å². The Hall–Kier alpha value is -1.88. The zero-order chi connectivity index (χ0) is 18.9. The summed E-state index contributed by atoms with van der Waals surface area (Å²) in [6.45, 7) is 3.25. The van der Waals surface area contributed by atoms with Crippen molar-refractivity contribution in [3.63, 3.8) is 0 Å². The second-order valence-corrected chi connectivity index (χ2v) is 7.19. The third-order valence-electron chi connectivity index (χ3n) is 3.56. The van der Waals surface area contributed by atoms with Crippen molar-refractivity contribution in [3.05, 3.63) is 45.9 Å². The summed E-state index contributed by atoms with van der Waals surface area (Å²) in [4.78, 5) is 23.4. The first-order valence-corrected chi connectivity index (χ1v) is 9.06. The van der Waals surface area contributed by atoms with Gasteiger partial charge in [-0.3, -0.25) is 4.79 Å². The van der Waals surface area contributed by atoms with Gasteiger partial charge in [-0.15, -0.1) is 35.3 Å². The number of likely N-dealkylation sites (N-methyl/N-ethyl adjacent to an activating group) is 1. The van der Waals surface area contributed by atoms with Crippen LogP contribution >= 0.6 is 35.3 Å². The number of amides is 1. The van der Waals surface area contributed by atoms with E-state index in [0.29, 0.717) is 19.0 Å². The molecule has 2 rings (SSSR count). The summed E-state index contributed by atoms with van der Waals surface area (Å²) in [5, 5.41) is 7.27. The minimum absolute atomic E-state index is 0. The molecule has 0 fully saturated rings. The van der Waals surface area contributed by atoms with Crippen molar-refractivity contribution >= 4 is 47.2 Å². The Kier molecular flexibility index (Phi) is 10.1. The number of rotatable bonds is 7. The first-order valence-electron chi connectivity index (χ1n) is 8.24. The van der Waals surface area contributed by atoms with Crippen LogP contribution in [0.1, 0.15) is 15.4 Å². The quantitative estimate of drug-likeness (QED) is 0.345. The van der Waals surface area contributed by atoms with Crippen LogP contribution in [0, 0.1) is 6.92 Å². The monoisotopic (exact) mass is 503 g/mol. The van der Waals surface area contributed by atoms with Gasteiger partial charge in [0, 0.05) is 25.2 Å². The fourth-order valence-corrected chi connectivity index (χ4v) is 2.76. The summed E-state index contributed by atoms with van der Waals surface area (Å²) in [6.07, 6.45) is 1.85. The number of carbonyl (C=O) groups excluding carboxylic acids is 1. The number of halogens is 1. The normalized spacial score (nSPS) is 10.7. The van der Waals surface area contributed by atoms with Crippen LogP contribution < -0.4 is 15.4 Å². The highest BCUT2D eigenvalue weighted by atomic mass is 127. The third kappa shape index (κ3) is 8.12. The van der Waals surface area contributed by atoms with Crippen LogP contribution in [0.15, 0.2) is 35.5 Å². The number of nitrogens with zero attached hydrogens (tertiary/aromatic N) is 3. The van der Waals surface area contributed by atoms with Gasteiger partial charge in [0.2, 0.25) is 5.91 Å². The number of carbonyl (C=O) groups is 1. The molecule has 2 aromatic rings. The Labute approximate surface area is 181 Å². The predicted molar refractivity (Wildman–Crippen MR) is 120 cm³/mol. The molecule has 0 atom stereocenters. The van der Waals surface area contributed by atoms with E-state index < -0.39 is 0 Å². The number of aryl methyl sites for hydroxylation is 1. The van der Waals surface area contributed by atoms with Crippen LogP contribution in [0.4, 0.5) is 0 Å². The molecule has 0 aliphatic heterocycles. The number of thiazole rings is 1. The van der Waals surface area contributed by atoms with Crippen molar-refractivity contribution in [2.75, 3.05) is 27.7 Å². The number of hydrogen-bond acceptors (Lipinski definition) is 5. The lowest BCUT2D eigenvalue weighted by atomic mass is 10.2. The van der Waals surface area contributed by atoms with Gasteiger partial charge in [0.15, 0.2) is 5.96 Å². The molecule has 2 N–H and O–H groups in total. The fourth-order valence-electron chi connectivity index (χ4n) is 2.04. The molecule has 148 valence electrons. The van der Waals surface area contributed by atoms with Gasteiger partial charge < -0.3 is 20.3 Å². The van der Waals surface area contributed by atoms with Crippen molar-refractivity contribution in [1.82, 2.24) is 20.5 Å². The highest BCUT2D eigenvalue weighted by molar-refractivity contribution is 14.0. The molecule has 9 heteroatoms. The number of guanidine groups is 1. The van der Waals surface area contributed by atoms with Crippen LogP contribution in [0.3, 0.4) is 0 Å². The second kappa shape index (κ2) is 11.8. The molecule has 7 nitrogen and oxygen atoms in total. The number of aliphatic imine (C=N–C) groups is 1. The Bertz CT molecular complexity index is 746. The van der Waals surface area contributed by atoms with Gasteiger partial charge in [0.25, 0.3) is 0 Å². The van der Waals surface area contributed by atoms with Gasteiger partial charge in [0.05, 0.1) is 26.7 Å². The number of benzene rings is 1. The fraction of sp³-hybridized carbons (Fsp3) is 0.389. The smallest absolute Gasteiger partial charge is 0.241 e. The van der Waals surface area contributed by atoms with Crippen molar-refractivity contribution in [1.29, 1.82) is 0 Å². The van der Waals surface area contributed by atoms with E-state index in [1.165, 1.54) is 4.90 Å². The number of nitrogens with one attached hydrogen (secondary N) is 2. The molecule has 0 unspecified atom stereocenters. The molecule has 1 heterocycles. The maximum absolute atomic E-state index is 11.8. The van der Waals surface area contributed by atoms with E-state index in [9.17, 15) is 4.79 Å². The Balaban J connectivity index is 0.00000364. The highest BCUT2D eigenvalue weighted by Crippen LogP contribution is 2.12. The minimum atomic E-state index is -0.0194. The maximum atomic E-state index is 11.8. The van der Waals surface area contributed by atoms with Crippen LogP contribution in [-0.4, -0.2) is 49.5 Å².